The highest BCUT2D eigenvalue weighted by Gasteiger charge is 2.13. The Balaban J connectivity index is 1.70. The average Bonchev–Trinajstić information content (AvgIpc) is 3.06. The molecule has 2 aromatic carbocycles. The number of aromatic nitrogens is 1. The minimum atomic E-state index is -0.671. The molecule has 3 rings (SSSR count). The number of carbonyl (C=O) groups is 1. The summed E-state index contributed by atoms with van der Waals surface area (Å²) in [4.78, 5) is 16.8. The molecule has 0 radical (unpaired) electrons. The zero-order valence-electron chi connectivity index (χ0n) is 13.1. The molecule has 3 aromatic rings. The number of para-hydroxylation sites is 1. The number of benzene rings is 2. The van der Waals surface area contributed by atoms with Crippen LogP contribution in [0.5, 0.6) is 0 Å². The van der Waals surface area contributed by atoms with E-state index in [1.807, 2.05) is 54.6 Å². The fourth-order valence-corrected chi connectivity index (χ4v) is 2.89. The van der Waals surface area contributed by atoms with Crippen LogP contribution in [0.15, 0.2) is 60.8 Å². The maximum Gasteiger partial charge on any atom is 0.267 e. The molecule has 122 valence electrons. The molecule has 3 N–H and O–H groups in total. The lowest BCUT2D eigenvalue weighted by Gasteiger charge is -2.09. The van der Waals surface area contributed by atoms with Crippen LogP contribution in [0.1, 0.15) is 27.7 Å². The number of aliphatic hydroxyl groups excluding tert-OH is 1. The summed E-state index contributed by atoms with van der Waals surface area (Å²) >= 11 is 1.19. The van der Waals surface area contributed by atoms with Gasteiger partial charge in [-0.05, 0) is 37.3 Å². The van der Waals surface area contributed by atoms with Gasteiger partial charge >= 0.3 is 0 Å². The first-order valence-corrected chi connectivity index (χ1v) is 8.31. The van der Waals surface area contributed by atoms with Crippen LogP contribution in [-0.4, -0.2) is 16.0 Å². The number of nitrogens with one attached hydrogen (secondary N) is 2. The van der Waals surface area contributed by atoms with Gasteiger partial charge in [-0.2, -0.15) is 0 Å². The summed E-state index contributed by atoms with van der Waals surface area (Å²) in [6, 6.07) is 17.3. The molecular formula is C18H17N3O2S. The van der Waals surface area contributed by atoms with Gasteiger partial charge in [0.2, 0.25) is 0 Å². The Bertz CT molecular complexity index is 831. The Hall–Kier alpha value is -2.70. The molecule has 0 bridgehead atoms. The minimum Gasteiger partial charge on any atom is -0.386 e. The summed E-state index contributed by atoms with van der Waals surface area (Å²) in [5, 5.41) is 16.1. The van der Waals surface area contributed by atoms with Crippen LogP contribution in [0.25, 0.3) is 0 Å². The lowest BCUT2D eigenvalue weighted by Crippen LogP contribution is -2.10. The molecule has 1 aromatic heterocycles. The highest BCUT2D eigenvalue weighted by Crippen LogP contribution is 2.23. The molecule has 0 spiro atoms. The molecular weight excluding hydrogens is 322 g/mol. The number of aliphatic hydroxyl groups is 1. The molecule has 1 atom stereocenters. The largest absolute Gasteiger partial charge is 0.386 e. The average molecular weight is 339 g/mol. The predicted molar refractivity (Wildman–Crippen MR) is 96.9 cm³/mol. The van der Waals surface area contributed by atoms with Crippen LogP contribution in [0, 0.1) is 0 Å². The van der Waals surface area contributed by atoms with E-state index in [0.29, 0.717) is 15.6 Å². The summed E-state index contributed by atoms with van der Waals surface area (Å²) in [6.45, 7) is 1.62. The van der Waals surface area contributed by atoms with Crippen molar-refractivity contribution in [2.24, 2.45) is 0 Å². The smallest absolute Gasteiger partial charge is 0.267 e. The van der Waals surface area contributed by atoms with Crippen molar-refractivity contribution in [3.05, 3.63) is 70.7 Å². The summed E-state index contributed by atoms with van der Waals surface area (Å²) in [6.07, 6.45) is 0.809. The summed E-state index contributed by atoms with van der Waals surface area (Å²) in [7, 11) is 0. The molecule has 1 amide bonds. The topological polar surface area (TPSA) is 74.2 Å². The Labute approximate surface area is 144 Å². The van der Waals surface area contributed by atoms with E-state index in [0.717, 1.165) is 11.4 Å². The van der Waals surface area contributed by atoms with Crippen molar-refractivity contribution in [1.82, 2.24) is 4.98 Å². The second kappa shape index (κ2) is 7.25. The van der Waals surface area contributed by atoms with E-state index in [1.54, 1.807) is 6.92 Å². The van der Waals surface area contributed by atoms with E-state index in [1.165, 1.54) is 17.5 Å². The molecule has 0 aliphatic heterocycles. The second-order valence-corrected chi connectivity index (χ2v) is 6.33. The van der Waals surface area contributed by atoms with Crippen molar-refractivity contribution in [3.63, 3.8) is 0 Å². The zero-order valence-corrected chi connectivity index (χ0v) is 13.9. The third kappa shape index (κ3) is 3.98. The fraction of sp³-hybridized carbons (Fsp3) is 0.111. The number of thiazole rings is 1. The quantitative estimate of drug-likeness (QED) is 0.651. The predicted octanol–water partition coefficient (Wildman–Crippen LogP) is 4.19. The number of hydrogen-bond donors (Lipinski definition) is 3. The third-order valence-corrected chi connectivity index (χ3v) is 4.45. The first kappa shape index (κ1) is 16.2. The number of hydrogen-bond acceptors (Lipinski definition) is 5. The summed E-state index contributed by atoms with van der Waals surface area (Å²) < 4.78 is 0. The fourth-order valence-electron chi connectivity index (χ4n) is 2.14. The van der Waals surface area contributed by atoms with E-state index in [-0.39, 0.29) is 5.91 Å². The Morgan fingerprint density at radius 1 is 1.08 bits per heavy atom. The van der Waals surface area contributed by atoms with Crippen molar-refractivity contribution in [2.75, 3.05) is 10.6 Å². The van der Waals surface area contributed by atoms with Gasteiger partial charge in [0.1, 0.15) is 16.0 Å². The van der Waals surface area contributed by atoms with Gasteiger partial charge in [-0.15, -0.1) is 11.3 Å². The third-order valence-electron chi connectivity index (χ3n) is 3.29. The molecule has 0 fully saturated rings. The van der Waals surface area contributed by atoms with Gasteiger partial charge in [0.15, 0.2) is 0 Å². The SMILES string of the molecule is C[C@@H](O)c1ncc(C(=O)Nc2cccc(Nc3ccccc3)c2)s1. The molecule has 0 aliphatic carbocycles. The normalized spacial score (nSPS) is 11.8. The molecule has 0 unspecified atom stereocenters. The van der Waals surface area contributed by atoms with Crippen molar-refractivity contribution in [1.29, 1.82) is 0 Å². The Kier molecular flexibility index (Phi) is 4.88. The van der Waals surface area contributed by atoms with Gasteiger partial charge in [-0.3, -0.25) is 4.79 Å². The molecule has 0 saturated carbocycles. The van der Waals surface area contributed by atoms with Crippen molar-refractivity contribution in [2.45, 2.75) is 13.0 Å². The second-order valence-electron chi connectivity index (χ2n) is 5.26. The molecule has 1 heterocycles. The van der Waals surface area contributed by atoms with E-state index in [4.69, 9.17) is 0 Å². The highest BCUT2D eigenvalue weighted by atomic mass is 32.1. The molecule has 5 nitrogen and oxygen atoms in total. The van der Waals surface area contributed by atoms with Gasteiger partial charge < -0.3 is 15.7 Å². The van der Waals surface area contributed by atoms with Crippen LogP contribution in [0.2, 0.25) is 0 Å². The van der Waals surface area contributed by atoms with Crippen molar-refractivity contribution < 1.29 is 9.90 Å². The number of carbonyl (C=O) groups excluding carboxylic acids is 1. The summed E-state index contributed by atoms with van der Waals surface area (Å²) in [5.41, 5.74) is 2.55. The van der Waals surface area contributed by atoms with Gasteiger partial charge in [-0.25, -0.2) is 4.98 Å². The van der Waals surface area contributed by atoms with Crippen LogP contribution < -0.4 is 10.6 Å². The van der Waals surface area contributed by atoms with Gasteiger partial charge in [0.25, 0.3) is 5.91 Å². The Morgan fingerprint density at radius 2 is 1.79 bits per heavy atom. The number of anilines is 3. The Morgan fingerprint density at radius 3 is 2.50 bits per heavy atom. The van der Waals surface area contributed by atoms with Crippen LogP contribution in [-0.2, 0) is 0 Å². The lowest BCUT2D eigenvalue weighted by atomic mass is 10.2. The van der Waals surface area contributed by atoms with E-state index < -0.39 is 6.10 Å². The maximum absolute atomic E-state index is 12.3. The first-order chi connectivity index (χ1) is 11.6. The number of amides is 1. The maximum atomic E-state index is 12.3. The van der Waals surface area contributed by atoms with Gasteiger partial charge in [0, 0.05) is 17.1 Å². The monoisotopic (exact) mass is 339 g/mol. The van der Waals surface area contributed by atoms with Gasteiger partial charge in [0.05, 0.1) is 6.20 Å². The standard InChI is InChI=1S/C18H17N3O2S/c1-12(22)18-19-11-16(24-18)17(23)21-15-9-5-8-14(10-15)20-13-6-3-2-4-7-13/h2-12,20,22H,1H3,(H,21,23)/t12-/m1/s1. The molecule has 0 saturated heterocycles. The van der Waals surface area contributed by atoms with Crippen molar-refractivity contribution >= 4 is 34.3 Å². The minimum absolute atomic E-state index is 0.240. The van der Waals surface area contributed by atoms with E-state index in [9.17, 15) is 9.90 Å². The van der Waals surface area contributed by atoms with Crippen molar-refractivity contribution in [3.8, 4) is 0 Å². The molecule has 6 heteroatoms. The number of nitrogens with zero attached hydrogens (tertiary/aromatic N) is 1. The first-order valence-electron chi connectivity index (χ1n) is 7.49. The van der Waals surface area contributed by atoms with Crippen LogP contribution in [0.3, 0.4) is 0 Å². The van der Waals surface area contributed by atoms with Gasteiger partial charge in [-0.1, -0.05) is 24.3 Å². The molecule has 24 heavy (non-hydrogen) atoms. The van der Waals surface area contributed by atoms with E-state index >= 15 is 0 Å². The van der Waals surface area contributed by atoms with Crippen LogP contribution >= 0.6 is 11.3 Å². The zero-order chi connectivity index (χ0) is 16.9. The lowest BCUT2D eigenvalue weighted by molar-refractivity contribution is 0.103. The molecule has 0 aliphatic rings. The van der Waals surface area contributed by atoms with E-state index in [2.05, 4.69) is 15.6 Å². The summed E-state index contributed by atoms with van der Waals surface area (Å²) in [5.74, 6) is -0.240. The van der Waals surface area contributed by atoms with Crippen LogP contribution in [0.4, 0.5) is 17.1 Å². The highest BCUT2D eigenvalue weighted by molar-refractivity contribution is 7.13. The number of rotatable bonds is 5.